The van der Waals surface area contributed by atoms with Crippen LogP contribution >= 0.6 is 0 Å². The maximum absolute atomic E-state index is 13.9. The van der Waals surface area contributed by atoms with E-state index >= 15 is 0 Å². The second-order valence-corrected chi connectivity index (χ2v) is 7.76. The van der Waals surface area contributed by atoms with Gasteiger partial charge in [0, 0.05) is 12.6 Å². The molecule has 0 spiro atoms. The summed E-state index contributed by atoms with van der Waals surface area (Å²) in [5, 5.41) is 5.89. The molecule has 10 heteroatoms. The summed E-state index contributed by atoms with van der Waals surface area (Å²) in [6, 6.07) is 3.35. The van der Waals surface area contributed by atoms with Gasteiger partial charge in [0.2, 0.25) is 0 Å². The Hall–Kier alpha value is -1.97. The maximum atomic E-state index is 13.9. The van der Waals surface area contributed by atoms with Gasteiger partial charge < -0.3 is 15.4 Å². The molecule has 6 nitrogen and oxygen atoms in total. The molecule has 1 atom stereocenters. The molecule has 1 aromatic carbocycles. The average molecular weight is 379 g/mol. The Labute approximate surface area is 144 Å². The fraction of sp³-hybridized carbons (Fsp3) is 0.533. The summed E-state index contributed by atoms with van der Waals surface area (Å²) in [6.45, 7) is -0.983. The number of guanidine groups is 1. The number of aliphatic imine (C=N–C) groups is 1. The van der Waals surface area contributed by atoms with Crippen LogP contribution in [0.2, 0.25) is 0 Å². The number of nitrogens with zero attached hydrogens (tertiary/aromatic N) is 1. The van der Waals surface area contributed by atoms with E-state index < -0.39 is 22.3 Å². The summed E-state index contributed by atoms with van der Waals surface area (Å²) >= 11 is 0. The molecule has 1 aliphatic rings. The van der Waals surface area contributed by atoms with E-state index in [1.807, 2.05) is 6.92 Å². The second-order valence-electron chi connectivity index (χ2n) is 5.53. The third-order valence-corrected chi connectivity index (χ3v) is 5.37. The van der Waals surface area contributed by atoms with Gasteiger partial charge in [-0.25, -0.2) is 17.8 Å². The van der Waals surface area contributed by atoms with Crippen molar-refractivity contribution in [3.05, 3.63) is 29.6 Å². The highest BCUT2D eigenvalue weighted by atomic mass is 32.2. The van der Waals surface area contributed by atoms with Gasteiger partial charge in [-0.1, -0.05) is 6.07 Å². The van der Waals surface area contributed by atoms with Gasteiger partial charge in [-0.15, -0.1) is 0 Å². The highest BCUT2D eigenvalue weighted by Gasteiger charge is 2.28. The Balaban J connectivity index is 2.13. The maximum Gasteiger partial charge on any atom is 0.387 e. The Morgan fingerprint density at radius 1 is 1.44 bits per heavy atom. The van der Waals surface area contributed by atoms with Gasteiger partial charge in [0.1, 0.15) is 11.6 Å². The largest absolute Gasteiger partial charge is 0.434 e. The number of rotatable bonds is 6. The Morgan fingerprint density at radius 2 is 2.20 bits per heavy atom. The molecule has 1 unspecified atom stereocenters. The summed E-state index contributed by atoms with van der Waals surface area (Å²) in [6.07, 6.45) is 0.451. The second kappa shape index (κ2) is 8.41. The minimum Gasteiger partial charge on any atom is -0.434 e. The van der Waals surface area contributed by atoms with Gasteiger partial charge in [-0.2, -0.15) is 8.78 Å². The molecule has 0 radical (unpaired) electrons. The van der Waals surface area contributed by atoms with Gasteiger partial charge in [0.15, 0.2) is 15.8 Å². The van der Waals surface area contributed by atoms with Gasteiger partial charge in [0.05, 0.1) is 23.6 Å². The monoisotopic (exact) mass is 379 g/mol. The smallest absolute Gasteiger partial charge is 0.387 e. The van der Waals surface area contributed by atoms with E-state index in [-0.39, 0.29) is 41.4 Å². The number of hydrogen-bond donors (Lipinski definition) is 2. The lowest BCUT2D eigenvalue weighted by Crippen LogP contribution is -2.44. The van der Waals surface area contributed by atoms with E-state index in [4.69, 9.17) is 0 Å². The fourth-order valence-electron chi connectivity index (χ4n) is 2.48. The molecule has 0 amide bonds. The molecule has 1 aliphatic heterocycles. The van der Waals surface area contributed by atoms with Crippen molar-refractivity contribution in [2.45, 2.75) is 32.5 Å². The molecule has 140 valence electrons. The van der Waals surface area contributed by atoms with Gasteiger partial charge in [0.25, 0.3) is 0 Å². The van der Waals surface area contributed by atoms with Crippen molar-refractivity contribution in [2.75, 3.05) is 18.1 Å². The van der Waals surface area contributed by atoms with E-state index in [1.54, 1.807) is 0 Å². The topological polar surface area (TPSA) is 79.8 Å². The number of halogens is 3. The molecule has 2 rings (SSSR count). The number of alkyl halides is 2. The average Bonchev–Trinajstić information content (AvgIpc) is 2.85. The van der Waals surface area contributed by atoms with Crippen LogP contribution < -0.4 is 15.4 Å². The Bertz CT molecular complexity index is 726. The molecule has 0 aromatic heterocycles. The van der Waals surface area contributed by atoms with Crippen molar-refractivity contribution >= 4 is 15.8 Å². The van der Waals surface area contributed by atoms with Gasteiger partial charge in [-0.3, -0.25) is 0 Å². The van der Waals surface area contributed by atoms with E-state index in [9.17, 15) is 21.6 Å². The molecule has 2 N–H and O–H groups in total. The number of hydrogen-bond acceptors (Lipinski definition) is 4. The van der Waals surface area contributed by atoms with Crippen LogP contribution in [0.4, 0.5) is 13.2 Å². The molecule has 1 saturated heterocycles. The van der Waals surface area contributed by atoms with Crippen LogP contribution in [-0.4, -0.2) is 45.1 Å². The predicted octanol–water partition coefficient (Wildman–Crippen LogP) is 1.67. The lowest BCUT2D eigenvalue weighted by molar-refractivity contribution is -0.0506. The fourth-order valence-corrected chi connectivity index (χ4v) is 4.15. The predicted molar refractivity (Wildman–Crippen MR) is 88.0 cm³/mol. The molecule has 0 saturated carbocycles. The molecular weight excluding hydrogens is 359 g/mol. The van der Waals surface area contributed by atoms with Crippen molar-refractivity contribution in [1.29, 1.82) is 0 Å². The zero-order chi connectivity index (χ0) is 18.4. The standard InChI is InChI=1S/C15H20F3N3O3S/c1-2-19-15(21-10-6-7-25(22,23)9-10)20-8-11-12(16)4-3-5-13(11)24-14(17)18/h3-5,10,14H,2,6-9H2,1H3,(H2,19,20,21). The van der Waals surface area contributed by atoms with E-state index in [0.717, 1.165) is 6.07 Å². The Morgan fingerprint density at radius 3 is 2.80 bits per heavy atom. The van der Waals surface area contributed by atoms with Crippen molar-refractivity contribution in [3.8, 4) is 5.75 Å². The lowest BCUT2D eigenvalue weighted by Gasteiger charge is -2.16. The van der Waals surface area contributed by atoms with Crippen molar-refractivity contribution in [3.63, 3.8) is 0 Å². The summed E-state index contributed by atoms with van der Waals surface area (Å²) in [5.41, 5.74) is -0.0981. The molecular formula is C15H20F3N3O3S. The summed E-state index contributed by atoms with van der Waals surface area (Å²) in [4.78, 5) is 4.16. The quantitative estimate of drug-likeness (QED) is 0.581. The zero-order valence-corrected chi connectivity index (χ0v) is 14.5. The molecule has 1 heterocycles. The molecule has 0 aliphatic carbocycles. The highest BCUT2D eigenvalue weighted by Crippen LogP contribution is 2.24. The first-order valence-corrected chi connectivity index (χ1v) is 9.60. The first-order chi connectivity index (χ1) is 11.8. The van der Waals surface area contributed by atoms with Crippen LogP contribution in [0.15, 0.2) is 23.2 Å². The van der Waals surface area contributed by atoms with Gasteiger partial charge in [-0.05, 0) is 25.5 Å². The third kappa shape index (κ3) is 5.80. The van der Waals surface area contributed by atoms with E-state index in [0.29, 0.717) is 13.0 Å². The molecule has 25 heavy (non-hydrogen) atoms. The molecule has 1 aromatic rings. The van der Waals surface area contributed by atoms with Crippen LogP contribution in [0, 0.1) is 5.82 Å². The van der Waals surface area contributed by atoms with Crippen LogP contribution in [-0.2, 0) is 16.4 Å². The summed E-state index contributed by atoms with van der Waals surface area (Å²) in [7, 11) is -3.06. The van der Waals surface area contributed by atoms with Crippen molar-refractivity contribution < 1.29 is 26.3 Å². The third-order valence-electron chi connectivity index (χ3n) is 3.60. The molecule has 0 bridgehead atoms. The minimum atomic E-state index is -3.07. The number of sulfone groups is 1. The van der Waals surface area contributed by atoms with Crippen molar-refractivity contribution in [2.24, 2.45) is 4.99 Å². The molecule has 1 fully saturated rings. The lowest BCUT2D eigenvalue weighted by atomic mass is 10.2. The Kier molecular flexibility index (Phi) is 6.51. The highest BCUT2D eigenvalue weighted by molar-refractivity contribution is 7.91. The normalized spacial score (nSPS) is 19.9. The summed E-state index contributed by atoms with van der Waals surface area (Å²) in [5.74, 6) is -0.601. The number of nitrogens with one attached hydrogen (secondary N) is 2. The van der Waals surface area contributed by atoms with Crippen LogP contribution in [0.25, 0.3) is 0 Å². The number of ether oxygens (including phenoxy) is 1. The first kappa shape index (κ1) is 19.4. The van der Waals surface area contributed by atoms with Gasteiger partial charge >= 0.3 is 6.61 Å². The summed E-state index contributed by atoms with van der Waals surface area (Å²) < 4.78 is 66.1. The van der Waals surface area contributed by atoms with E-state index in [1.165, 1.54) is 12.1 Å². The SMILES string of the molecule is CCNC(=NCc1c(F)cccc1OC(F)F)NC1CCS(=O)(=O)C1. The van der Waals surface area contributed by atoms with E-state index in [2.05, 4.69) is 20.4 Å². The minimum absolute atomic E-state index is 0.00312. The van der Waals surface area contributed by atoms with Crippen LogP contribution in [0.1, 0.15) is 18.9 Å². The number of benzene rings is 1. The van der Waals surface area contributed by atoms with Crippen LogP contribution in [0.5, 0.6) is 5.75 Å². The van der Waals surface area contributed by atoms with Crippen LogP contribution in [0.3, 0.4) is 0 Å². The zero-order valence-electron chi connectivity index (χ0n) is 13.6. The first-order valence-electron chi connectivity index (χ1n) is 7.78. The van der Waals surface area contributed by atoms with Crippen molar-refractivity contribution in [1.82, 2.24) is 10.6 Å².